The lowest BCUT2D eigenvalue weighted by atomic mass is 9.96. The molecule has 20 heavy (non-hydrogen) atoms. The average molecular weight is 296 g/mol. The maximum Gasteiger partial charge on any atom is 0.225 e. The number of carbonyl (C=O) groups excluding carboxylic acids is 2. The molecule has 2 heterocycles. The Bertz CT molecular complexity index is 738. The molecule has 0 bridgehead atoms. The van der Waals surface area contributed by atoms with E-state index in [1.165, 1.54) is 23.5 Å². The van der Waals surface area contributed by atoms with Crippen molar-refractivity contribution in [2.75, 3.05) is 0 Å². The number of thioether (sulfide) groups is 2. The molecule has 0 radical (unpaired) electrons. The molecule has 0 unspecified atom stereocenters. The molecule has 2 aliphatic heterocycles. The quantitative estimate of drug-likeness (QED) is 0.691. The molecule has 0 saturated heterocycles. The van der Waals surface area contributed by atoms with Crippen molar-refractivity contribution < 1.29 is 9.59 Å². The van der Waals surface area contributed by atoms with E-state index in [1.54, 1.807) is 0 Å². The molecule has 0 N–H and O–H groups in total. The van der Waals surface area contributed by atoms with E-state index in [0.717, 1.165) is 20.9 Å². The molecule has 2 aromatic rings. The van der Waals surface area contributed by atoms with Crippen molar-refractivity contribution in [3.63, 3.8) is 0 Å². The maximum atomic E-state index is 12.3. The van der Waals surface area contributed by atoms with Gasteiger partial charge in [0.05, 0.1) is 0 Å². The molecule has 2 aliphatic rings. The van der Waals surface area contributed by atoms with Gasteiger partial charge in [-0.3, -0.25) is 9.59 Å². The van der Waals surface area contributed by atoms with Crippen LogP contribution < -0.4 is 0 Å². The first-order valence-electron chi connectivity index (χ1n) is 6.13. The van der Waals surface area contributed by atoms with Crippen LogP contribution in [-0.4, -0.2) is 10.2 Å². The van der Waals surface area contributed by atoms with Crippen molar-refractivity contribution in [1.29, 1.82) is 0 Å². The third kappa shape index (κ3) is 1.62. The van der Waals surface area contributed by atoms with Gasteiger partial charge in [0.25, 0.3) is 0 Å². The third-order valence-corrected chi connectivity index (χ3v) is 5.31. The SMILES string of the molecule is O=C1Sc2ccccc2C1=C1C(=O)Sc2ccccc21. The predicted octanol–water partition coefficient (Wildman–Crippen LogP) is 3.86. The van der Waals surface area contributed by atoms with Gasteiger partial charge in [0, 0.05) is 32.1 Å². The minimum atomic E-state index is -0.0353. The molecule has 4 heteroatoms. The number of hydrogen-bond donors (Lipinski definition) is 0. The van der Waals surface area contributed by atoms with E-state index in [-0.39, 0.29) is 10.2 Å². The number of hydrogen-bond acceptors (Lipinski definition) is 4. The standard InChI is InChI=1S/C16H8O2S2/c17-15-13(9-5-1-3-7-11(9)19-15)14-10-6-2-4-8-12(10)20-16(14)18/h1-8H. The first kappa shape index (κ1) is 12.0. The van der Waals surface area contributed by atoms with Gasteiger partial charge in [-0.05, 0) is 35.7 Å². The molecule has 4 rings (SSSR count). The van der Waals surface area contributed by atoms with E-state index in [0.29, 0.717) is 11.1 Å². The Kier molecular flexibility index (Phi) is 2.62. The van der Waals surface area contributed by atoms with Crippen LogP contribution >= 0.6 is 23.5 Å². The Labute approximate surface area is 124 Å². The number of rotatable bonds is 0. The fraction of sp³-hybridized carbons (Fsp3) is 0. The first-order chi connectivity index (χ1) is 9.75. The van der Waals surface area contributed by atoms with Gasteiger partial charge in [-0.25, -0.2) is 0 Å². The molecule has 0 spiro atoms. The summed E-state index contributed by atoms with van der Waals surface area (Å²) in [5.41, 5.74) is 2.88. The molecule has 0 aromatic heterocycles. The normalized spacial score (nSPS) is 20.2. The topological polar surface area (TPSA) is 34.1 Å². The van der Waals surface area contributed by atoms with Crippen LogP contribution in [0.15, 0.2) is 58.3 Å². The van der Waals surface area contributed by atoms with Gasteiger partial charge < -0.3 is 0 Å². The van der Waals surface area contributed by atoms with Gasteiger partial charge in [0.15, 0.2) is 0 Å². The number of carbonyl (C=O) groups is 2. The monoisotopic (exact) mass is 296 g/mol. The minimum absolute atomic E-state index is 0.0353. The smallest absolute Gasteiger partial charge is 0.225 e. The zero-order valence-corrected chi connectivity index (χ0v) is 11.9. The highest BCUT2D eigenvalue weighted by atomic mass is 32.2. The van der Waals surface area contributed by atoms with Crippen molar-refractivity contribution in [2.24, 2.45) is 0 Å². The molecule has 2 aromatic carbocycles. The maximum absolute atomic E-state index is 12.3. The summed E-state index contributed by atoms with van der Waals surface area (Å²) in [6.07, 6.45) is 0. The van der Waals surface area contributed by atoms with E-state index >= 15 is 0 Å². The summed E-state index contributed by atoms with van der Waals surface area (Å²) >= 11 is 2.41. The van der Waals surface area contributed by atoms with Crippen molar-refractivity contribution in [3.05, 3.63) is 59.7 Å². The summed E-state index contributed by atoms with van der Waals surface area (Å²) in [5.74, 6) is 0. The Balaban J connectivity index is 2.05. The second-order valence-corrected chi connectivity index (χ2v) is 6.55. The van der Waals surface area contributed by atoms with Gasteiger partial charge in [-0.2, -0.15) is 0 Å². The van der Waals surface area contributed by atoms with Gasteiger partial charge in [0.2, 0.25) is 10.2 Å². The summed E-state index contributed by atoms with van der Waals surface area (Å²) in [6.45, 7) is 0. The average Bonchev–Trinajstić information content (AvgIpc) is 2.94. The van der Waals surface area contributed by atoms with Gasteiger partial charge >= 0.3 is 0 Å². The molecule has 0 aliphatic carbocycles. The minimum Gasteiger partial charge on any atom is -0.281 e. The summed E-state index contributed by atoms with van der Waals surface area (Å²) in [6, 6.07) is 15.3. The van der Waals surface area contributed by atoms with Crippen molar-refractivity contribution in [1.82, 2.24) is 0 Å². The van der Waals surface area contributed by atoms with Gasteiger partial charge in [0.1, 0.15) is 0 Å². The Morgan fingerprint density at radius 2 is 1.00 bits per heavy atom. The van der Waals surface area contributed by atoms with E-state index in [4.69, 9.17) is 0 Å². The fourth-order valence-electron chi connectivity index (χ4n) is 2.52. The Morgan fingerprint density at radius 3 is 1.45 bits per heavy atom. The molecule has 96 valence electrons. The second-order valence-electron chi connectivity index (χ2n) is 4.52. The van der Waals surface area contributed by atoms with Crippen molar-refractivity contribution >= 4 is 44.9 Å². The van der Waals surface area contributed by atoms with Crippen LogP contribution in [0.5, 0.6) is 0 Å². The van der Waals surface area contributed by atoms with Crippen LogP contribution in [0, 0.1) is 0 Å². The molecule has 0 saturated carbocycles. The highest BCUT2D eigenvalue weighted by Gasteiger charge is 2.35. The number of benzene rings is 2. The zero-order chi connectivity index (χ0) is 13.7. The summed E-state index contributed by atoms with van der Waals surface area (Å²) in [7, 11) is 0. The largest absolute Gasteiger partial charge is 0.281 e. The van der Waals surface area contributed by atoms with Crippen molar-refractivity contribution in [2.45, 2.75) is 9.79 Å². The third-order valence-electron chi connectivity index (χ3n) is 3.38. The Morgan fingerprint density at radius 1 is 0.600 bits per heavy atom. The van der Waals surface area contributed by atoms with Crippen LogP contribution in [-0.2, 0) is 9.59 Å². The fourth-order valence-corrected chi connectivity index (χ4v) is 4.40. The van der Waals surface area contributed by atoms with Gasteiger partial charge in [-0.15, -0.1) is 0 Å². The second kappa shape index (κ2) is 4.36. The Hall–Kier alpha value is -1.78. The number of fused-ring (bicyclic) bond motifs is 2. The lowest BCUT2D eigenvalue weighted by Gasteiger charge is -2.03. The molecule has 0 atom stereocenters. The highest BCUT2D eigenvalue weighted by molar-refractivity contribution is 8.16. The summed E-state index contributed by atoms with van der Waals surface area (Å²) in [5, 5.41) is -0.0706. The zero-order valence-electron chi connectivity index (χ0n) is 10.3. The van der Waals surface area contributed by atoms with E-state index in [2.05, 4.69) is 0 Å². The van der Waals surface area contributed by atoms with E-state index in [9.17, 15) is 9.59 Å². The summed E-state index contributed by atoms with van der Waals surface area (Å²) < 4.78 is 0. The lowest BCUT2D eigenvalue weighted by molar-refractivity contribution is -0.107. The van der Waals surface area contributed by atoms with Crippen LogP contribution in [0.3, 0.4) is 0 Å². The van der Waals surface area contributed by atoms with Crippen LogP contribution in [0.4, 0.5) is 0 Å². The highest BCUT2D eigenvalue weighted by Crippen LogP contribution is 2.49. The molecular weight excluding hydrogens is 288 g/mol. The van der Waals surface area contributed by atoms with Crippen LogP contribution in [0.2, 0.25) is 0 Å². The molecule has 0 amide bonds. The summed E-state index contributed by atoms with van der Waals surface area (Å²) in [4.78, 5) is 26.5. The van der Waals surface area contributed by atoms with E-state index in [1.807, 2.05) is 48.5 Å². The predicted molar refractivity (Wildman–Crippen MR) is 81.4 cm³/mol. The van der Waals surface area contributed by atoms with Crippen molar-refractivity contribution in [3.8, 4) is 0 Å². The molecule has 0 fully saturated rings. The van der Waals surface area contributed by atoms with Gasteiger partial charge in [-0.1, -0.05) is 36.4 Å². The molecular formula is C16H8O2S2. The van der Waals surface area contributed by atoms with E-state index < -0.39 is 0 Å². The first-order valence-corrected chi connectivity index (χ1v) is 7.76. The lowest BCUT2D eigenvalue weighted by Crippen LogP contribution is -1.98. The van der Waals surface area contributed by atoms with Crippen LogP contribution in [0.25, 0.3) is 11.1 Å². The van der Waals surface area contributed by atoms with Crippen LogP contribution in [0.1, 0.15) is 11.1 Å². The molecule has 2 nitrogen and oxygen atoms in total.